The lowest BCUT2D eigenvalue weighted by Gasteiger charge is -2.18. The van der Waals surface area contributed by atoms with Crippen molar-refractivity contribution < 1.29 is 14.3 Å². The lowest BCUT2D eigenvalue weighted by Crippen LogP contribution is -2.33. The van der Waals surface area contributed by atoms with Crippen LogP contribution in [-0.2, 0) is 9.59 Å². The summed E-state index contributed by atoms with van der Waals surface area (Å²) >= 11 is 6.12. The molecule has 0 unspecified atom stereocenters. The predicted octanol–water partition coefficient (Wildman–Crippen LogP) is 6.21. The van der Waals surface area contributed by atoms with E-state index in [4.69, 9.17) is 16.3 Å². The third-order valence-electron chi connectivity index (χ3n) is 5.91. The van der Waals surface area contributed by atoms with Crippen LogP contribution in [0, 0.1) is 6.92 Å². The topological polar surface area (TPSA) is 58.6 Å². The van der Waals surface area contributed by atoms with Crippen LogP contribution in [0.3, 0.4) is 0 Å². The van der Waals surface area contributed by atoms with Crippen molar-refractivity contribution in [2.45, 2.75) is 6.92 Å². The van der Waals surface area contributed by atoms with Gasteiger partial charge < -0.3 is 10.1 Å². The first kappa shape index (κ1) is 21.7. The molecule has 0 aromatic heterocycles. The number of methoxy groups -OCH3 is 1. The molecule has 4 aromatic rings. The molecule has 1 aliphatic rings. The Hall–Kier alpha value is -4.09. The van der Waals surface area contributed by atoms with Crippen molar-refractivity contribution in [2.24, 2.45) is 0 Å². The maximum Gasteiger partial charge on any atom is 0.282 e. The van der Waals surface area contributed by atoms with Gasteiger partial charge in [0.15, 0.2) is 0 Å². The monoisotopic (exact) mass is 468 g/mol. The number of rotatable bonds is 5. The van der Waals surface area contributed by atoms with Gasteiger partial charge >= 0.3 is 0 Å². The normalized spacial score (nSPS) is 13.7. The number of aryl methyl sites for hydroxylation is 1. The van der Waals surface area contributed by atoms with E-state index in [9.17, 15) is 9.59 Å². The molecule has 4 aromatic carbocycles. The highest BCUT2D eigenvalue weighted by molar-refractivity contribution is 6.46. The van der Waals surface area contributed by atoms with Gasteiger partial charge in [0.2, 0.25) is 0 Å². The van der Waals surface area contributed by atoms with Gasteiger partial charge in [-0.1, -0.05) is 66.2 Å². The number of nitrogens with one attached hydrogen (secondary N) is 1. The average molecular weight is 469 g/mol. The van der Waals surface area contributed by atoms with Gasteiger partial charge in [-0.25, -0.2) is 4.90 Å². The first-order valence-corrected chi connectivity index (χ1v) is 11.1. The minimum absolute atomic E-state index is 0.195. The molecule has 0 aliphatic carbocycles. The van der Waals surface area contributed by atoms with E-state index < -0.39 is 11.8 Å². The van der Waals surface area contributed by atoms with Gasteiger partial charge in [-0.05, 0) is 48.2 Å². The van der Waals surface area contributed by atoms with Crippen LogP contribution >= 0.6 is 11.6 Å². The third kappa shape index (κ3) is 3.60. The second-order valence-electron chi connectivity index (χ2n) is 7.98. The standard InChI is InChI=1S/C28H21ClN2O3/c1-17-16-19(29)14-15-23(17)31-27(32)25(21-11-5-6-13-24(21)34-2)26(28(31)33)30-22-12-7-9-18-8-3-4-10-20(18)22/h3-16,30H,1-2H3. The van der Waals surface area contributed by atoms with Crippen LogP contribution in [0.15, 0.2) is 90.6 Å². The molecule has 1 heterocycles. The number of carbonyl (C=O) groups excluding carboxylic acids is 2. The molecule has 168 valence electrons. The number of ether oxygens (including phenoxy) is 1. The molecule has 0 fully saturated rings. The van der Waals surface area contributed by atoms with Crippen molar-refractivity contribution in [3.63, 3.8) is 0 Å². The van der Waals surface area contributed by atoms with Crippen LogP contribution in [-0.4, -0.2) is 18.9 Å². The number of fused-ring (bicyclic) bond motifs is 1. The Kier molecular flexibility index (Phi) is 5.56. The maximum atomic E-state index is 13.8. The maximum absolute atomic E-state index is 13.8. The summed E-state index contributed by atoms with van der Waals surface area (Å²) in [5.41, 5.74) is 2.93. The molecule has 1 aliphatic heterocycles. The van der Waals surface area contributed by atoms with Crippen LogP contribution in [0.5, 0.6) is 5.75 Å². The Balaban J connectivity index is 1.70. The first-order valence-electron chi connectivity index (χ1n) is 10.8. The van der Waals surface area contributed by atoms with Crippen molar-refractivity contribution in [1.82, 2.24) is 0 Å². The number of amides is 2. The number of hydrogen-bond donors (Lipinski definition) is 1. The zero-order valence-corrected chi connectivity index (χ0v) is 19.4. The number of benzene rings is 4. The van der Waals surface area contributed by atoms with E-state index in [2.05, 4.69) is 5.32 Å². The summed E-state index contributed by atoms with van der Waals surface area (Å²) in [5, 5.41) is 5.78. The summed E-state index contributed by atoms with van der Waals surface area (Å²) in [6.45, 7) is 1.82. The van der Waals surface area contributed by atoms with Crippen LogP contribution in [0.2, 0.25) is 5.02 Å². The molecular formula is C28H21ClN2O3. The lowest BCUT2D eigenvalue weighted by molar-refractivity contribution is -0.120. The largest absolute Gasteiger partial charge is 0.496 e. The number of para-hydroxylation sites is 1. The lowest BCUT2D eigenvalue weighted by atomic mass is 10.0. The molecule has 1 N–H and O–H groups in total. The summed E-state index contributed by atoms with van der Waals surface area (Å²) < 4.78 is 5.53. The smallest absolute Gasteiger partial charge is 0.282 e. The SMILES string of the molecule is COc1ccccc1C1=C(Nc2cccc3ccccc23)C(=O)N(c2ccc(Cl)cc2C)C1=O. The van der Waals surface area contributed by atoms with Crippen molar-refractivity contribution >= 4 is 51.1 Å². The highest BCUT2D eigenvalue weighted by Crippen LogP contribution is 2.39. The van der Waals surface area contributed by atoms with Crippen LogP contribution in [0.1, 0.15) is 11.1 Å². The number of carbonyl (C=O) groups is 2. The zero-order chi connectivity index (χ0) is 23.8. The van der Waals surface area contributed by atoms with E-state index in [0.29, 0.717) is 22.0 Å². The van der Waals surface area contributed by atoms with E-state index >= 15 is 0 Å². The van der Waals surface area contributed by atoms with Gasteiger partial charge in [-0.2, -0.15) is 0 Å². The van der Waals surface area contributed by atoms with Crippen molar-refractivity contribution in [1.29, 1.82) is 0 Å². The number of halogens is 1. The van der Waals surface area contributed by atoms with Gasteiger partial charge in [-0.3, -0.25) is 9.59 Å². The highest BCUT2D eigenvalue weighted by Gasteiger charge is 2.41. The Morgan fingerprint density at radius 3 is 2.38 bits per heavy atom. The van der Waals surface area contributed by atoms with E-state index in [-0.39, 0.29) is 11.3 Å². The molecule has 5 nitrogen and oxygen atoms in total. The number of imide groups is 1. The predicted molar refractivity (Wildman–Crippen MR) is 136 cm³/mol. The average Bonchev–Trinajstić information content (AvgIpc) is 3.08. The van der Waals surface area contributed by atoms with E-state index in [1.54, 1.807) is 37.4 Å². The van der Waals surface area contributed by atoms with Crippen LogP contribution in [0.25, 0.3) is 16.3 Å². The van der Waals surface area contributed by atoms with Gasteiger partial charge in [-0.15, -0.1) is 0 Å². The Bertz CT molecular complexity index is 1490. The summed E-state index contributed by atoms with van der Waals surface area (Å²) in [4.78, 5) is 28.8. The first-order chi connectivity index (χ1) is 16.5. The molecule has 0 spiro atoms. The summed E-state index contributed by atoms with van der Waals surface area (Å²) in [5.74, 6) is -0.363. The fourth-order valence-electron chi connectivity index (χ4n) is 4.30. The molecule has 2 amide bonds. The third-order valence-corrected chi connectivity index (χ3v) is 6.14. The summed E-state index contributed by atoms with van der Waals surface area (Å²) in [6, 6.07) is 26.0. The summed E-state index contributed by atoms with van der Waals surface area (Å²) in [7, 11) is 1.54. The molecule has 0 atom stereocenters. The fraction of sp³-hybridized carbons (Fsp3) is 0.0714. The fourth-order valence-corrected chi connectivity index (χ4v) is 4.53. The van der Waals surface area contributed by atoms with Gasteiger partial charge in [0.1, 0.15) is 11.4 Å². The Morgan fingerprint density at radius 2 is 1.59 bits per heavy atom. The van der Waals surface area contributed by atoms with Gasteiger partial charge in [0, 0.05) is 21.7 Å². The van der Waals surface area contributed by atoms with Crippen molar-refractivity contribution in [3.8, 4) is 5.75 Å². The Morgan fingerprint density at radius 1 is 0.853 bits per heavy atom. The molecular weight excluding hydrogens is 448 g/mol. The molecule has 34 heavy (non-hydrogen) atoms. The number of hydrogen-bond acceptors (Lipinski definition) is 4. The molecule has 0 saturated carbocycles. The van der Waals surface area contributed by atoms with E-state index in [1.807, 2.05) is 61.5 Å². The minimum Gasteiger partial charge on any atom is -0.496 e. The van der Waals surface area contributed by atoms with Crippen LogP contribution in [0.4, 0.5) is 11.4 Å². The minimum atomic E-state index is -0.440. The summed E-state index contributed by atoms with van der Waals surface area (Å²) in [6.07, 6.45) is 0. The van der Waals surface area contributed by atoms with E-state index in [1.165, 1.54) is 4.90 Å². The molecule has 6 heteroatoms. The highest BCUT2D eigenvalue weighted by atomic mass is 35.5. The van der Waals surface area contributed by atoms with E-state index in [0.717, 1.165) is 22.0 Å². The second kappa shape index (κ2) is 8.69. The van der Waals surface area contributed by atoms with Gasteiger partial charge in [0.05, 0.1) is 18.4 Å². The quantitative estimate of drug-likeness (QED) is 0.354. The van der Waals surface area contributed by atoms with Gasteiger partial charge in [0.25, 0.3) is 11.8 Å². The van der Waals surface area contributed by atoms with Crippen molar-refractivity contribution in [3.05, 3.63) is 107 Å². The second-order valence-corrected chi connectivity index (χ2v) is 8.41. The molecule has 0 bridgehead atoms. The van der Waals surface area contributed by atoms with Crippen LogP contribution < -0.4 is 15.0 Å². The number of anilines is 2. The zero-order valence-electron chi connectivity index (χ0n) is 18.6. The molecule has 5 rings (SSSR count). The molecule has 0 radical (unpaired) electrons. The number of nitrogens with zero attached hydrogens (tertiary/aromatic N) is 1. The Labute approximate surface area is 202 Å². The molecule has 0 saturated heterocycles. The van der Waals surface area contributed by atoms with Crippen molar-refractivity contribution in [2.75, 3.05) is 17.3 Å².